The first kappa shape index (κ1) is 33.1. The number of anilines is 1. The minimum atomic E-state index is -4.43. The van der Waals surface area contributed by atoms with Crippen molar-refractivity contribution in [2.45, 2.75) is 43.6 Å². The maximum absolute atomic E-state index is 13.7. The van der Waals surface area contributed by atoms with Crippen molar-refractivity contribution in [2.24, 2.45) is 5.92 Å². The van der Waals surface area contributed by atoms with Gasteiger partial charge in [-0.3, -0.25) is 14.4 Å². The van der Waals surface area contributed by atoms with E-state index < -0.39 is 39.8 Å². The smallest absolute Gasteiger partial charge is 0.416 e. The van der Waals surface area contributed by atoms with Gasteiger partial charge in [-0.05, 0) is 68.1 Å². The second-order valence-corrected chi connectivity index (χ2v) is 12.7. The Kier molecular flexibility index (Phi) is 10.1. The van der Waals surface area contributed by atoms with E-state index >= 15 is 0 Å². The number of rotatable bonds is 10. The van der Waals surface area contributed by atoms with Crippen molar-refractivity contribution in [1.29, 1.82) is 0 Å². The predicted molar refractivity (Wildman–Crippen MR) is 159 cm³/mol. The van der Waals surface area contributed by atoms with Crippen LogP contribution in [0.2, 0.25) is 0 Å². The molecule has 13 heteroatoms. The molecule has 3 atom stereocenters. The van der Waals surface area contributed by atoms with Gasteiger partial charge in [-0.2, -0.15) is 13.2 Å². The second kappa shape index (κ2) is 13.4. The zero-order valence-electron chi connectivity index (χ0n) is 24.8. The van der Waals surface area contributed by atoms with Gasteiger partial charge in [0, 0.05) is 25.6 Å². The Morgan fingerprint density at radius 2 is 1.77 bits per heavy atom. The van der Waals surface area contributed by atoms with Gasteiger partial charge in [0.05, 0.1) is 41.5 Å². The van der Waals surface area contributed by atoms with E-state index in [1.807, 2.05) is 11.8 Å². The van der Waals surface area contributed by atoms with Crippen LogP contribution in [0.1, 0.15) is 35.3 Å². The van der Waals surface area contributed by atoms with Gasteiger partial charge in [-0.25, -0.2) is 8.42 Å². The number of ether oxygens (including phenoxy) is 2. The highest BCUT2D eigenvalue weighted by molar-refractivity contribution is 7.92. The molecule has 1 aliphatic rings. The van der Waals surface area contributed by atoms with Crippen LogP contribution in [0.15, 0.2) is 71.6 Å². The minimum Gasteiger partial charge on any atom is -0.497 e. The average molecular weight is 636 g/mol. The number of benzene rings is 3. The molecule has 0 aromatic heterocycles. The molecule has 0 unspecified atom stereocenters. The minimum absolute atomic E-state index is 0.0233. The molecule has 0 saturated heterocycles. The summed E-state index contributed by atoms with van der Waals surface area (Å²) < 4.78 is 79.8. The summed E-state index contributed by atoms with van der Waals surface area (Å²) in [6, 6.07) is 14.8. The monoisotopic (exact) mass is 635 g/mol. The molecule has 238 valence electrons. The van der Waals surface area contributed by atoms with Gasteiger partial charge in [0.1, 0.15) is 11.9 Å². The van der Waals surface area contributed by atoms with Crippen LogP contribution in [-0.2, 0) is 22.7 Å². The lowest BCUT2D eigenvalue weighted by atomic mass is 9.99. The zero-order chi connectivity index (χ0) is 32.2. The van der Waals surface area contributed by atoms with Crippen LogP contribution in [0.5, 0.6) is 11.5 Å². The van der Waals surface area contributed by atoms with Crippen molar-refractivity contribution in [2.75, 3.05) is 38.6 Å². The Morgan fingerprint density at radius 3 is 2.36 bits per heavy atom. The lowest BCUT2D eigenvalue weighted by molar-refractivity contribution is -0.137. The third-order valence-corrected chi connectivity index (χ3v) is 8.91. The first-order chi connectivity index (χ1) is 20.7. The van der Waals surface area contributed by atoms with Crippen molar-refractivity contribution in [3.63, 3.8) is 0 Å². The lowest BCUT2D eigenvalue weighted by Gasteiger charge is -2.38. The molecule has 3 aromatic carbocycles. The van der Waals surface area contributed by atoms with Gasteiger partial charge < -0.3 is 19.5 Å². The van der Waals surface area contributed by atoms with Crippen molar-refractivity contribution >= 4 is 21.6 Å². The highest BCUT2D eigenvalue weighted by Gasteiger charge is 2.35. The Hall–Kier alpha value is -3.81. The van der Waals surface area contributed by atoms with E-state index in [0.29, 0.717) is 24.4 Å². The van der Waals surface area contributed by atoms with E-state index in [1.165, 1.54) is 54.5 Å². The number of para-hydroxylation sites is 1. The number of hydrogen-bond donors (Lipinski definition) is 2. The average Bonchev–Trinajstić information content (AvgIpc) is 2.98. The first-order valence-corrected chi connectivity index (χ1v) is 15.4. The second-order valence-electron chi connectivity index (χ2n) is 11.0. The number of fused-ring (bicyclic) bond motifs is 1. The number of methoxy groups -OCH3 is 1. The summed E-state index contributed by atoms with van der Waals surface area (Å²) in [7, 11) is -0.829. The number of nitrogens with zero attached hydrogens (tertiary/aromatic N) is 2. The van der Waals surface area contributed by atoms with Crippen molar-refractivity contribution in [1.82, 2.24) is 9.80 Å². The Bertz CT molecular complexity index is 1550. The molecule has 1 amide bonds. The fraction of sp³-hybridized carbons (Fsp3) is 0.387. The molecule has 2 N–H and O–H groups in total. The van der Waals surface area contributed by atoms with Crippen LogP contribution in [0, 0.1) is 5.92 Å². The van der Waals surface area contributed by atoms with Gasteiger partial charge >= 0.3 is 6.18 Å². The number of alkyl halides is 3. The molecule has 1 heterocycles. The predicted octanol–water partition coefficient (Wildman–Crippen LogP) is 4.87. The third kappa shape index (κ3) is 7.63. The Balaban J connectivity index is 1.66. The Morgan fingerprint density at radius 1 is 1.11 bits per heavy atom. The molecular formula is C31H36F3N3O6S. The third-order valence-electron chi connectivity index (χ3n) is 7.53. The standard InChI is InChI=1S/C31H36F3N3O6S/c1-20-16-37(21(2)19-38)30(39)26-6-5-7-27(35-44(40,41)25-14-12-24(42-4)13-15-25)29(26)43-28(20)18-36(3)17-22-8-10-23(11-9-22)31(32,33)34/h5-15,20-21,28,35,38H,16-19H2,1-4H3/t20-,21+,28+/m0/s1. The summed E-state index contributed by atoms with van der Waals surface area (Å²) in [5.74, 6) is -0.167. The van der Waals surface area contributed by atoms with Crippen LogP contribution in [0.25, 0.3) is 0 Å². The van der Waals surface area contributed by atoms with Gasteiger partial charge in [-0.15, -0.1) is 0 Å². The van der Waals surface area contributed by atoms with E-state index in [4.69, 9.17) is 9.47 Å². The molecule has 9 nitrogen and oxygen atoms in total. The van der Waals surface area contributed by atoms with Gasteiger partial charge in [0.25, 0.3) is 15.9 Å². The highest BCUT2D eigenvalue weighted by Crippen LogP contribution is 2.36. The van der Waals surface area contributed by atoms with Crippen molar-refractivity contribution < 1.29 is 41.0 Å². The van der Waals surface area contributed by atoms with Crippen LogP contribution < -0.4 is 14.2 Å². The highest BCUT2D eigenvalue weighted by atomic mass is 32.2. The topological polar surface area (TPSA) is 108 Å². The maximum atomic E-state index is 13.7. The molecule has 1 aliphatic heterocycles. The molecule has 0 spiro atoms. The molecule has 0 fully saturated rings. The molecule has 0 aliphatic carbocycles. The number of carbonyl (C=O) groups is 1. The number of carbonyl (C=O) groups excluding carboxylic acids is 1. The zero-order valence-corrected chi connectivity index (χ0v) is 25.7. The van der Waals surface area contributed by atoms with Gasteiger partial charge in [-0.1, -0.05) is 25.1 Å². The summed E-state index contributed by atoms with van der Waals surface area (Å²) in [6.45, 7) is 4.19. The van der Waals surface area contributed by atoms with Crippen LogP contribution in [0.4, 0.5) is 18.9 Å². The molecule has 0 radical (unpaired) electrons. The molecular weight excluding hydrogens is 599 g/mol. The van der Waals surface area contributed by atoms with E-state index in [0.717, 1.165) is 12.1 Å². The fourth-order valence-electron chi connectivity index (χ4n) is 4.98. The van der Waals surface area contributed by atoms with Gasteiger partial charge in [0.15, 0.2) is 5.75 Å². The Labute approximate surface area is 255 Å². The molecule has 4 rings (SSSR count). The van der Waals surface area contributed by atoms with Crippen molar-refractivity contribution in [3.05, 3.63) is 83.4 Å². The maximum Gasteiger partial charge on any atom is 0.416 e. The molecule has 0 saturated carbocycles. The molecule has 3 aromatic rings. The fourth-order valence-corrected chi connectivity index (χ4v) is 6.05. The number of amides is 1. The largest absolute Gasteiger partial charge is 0.497 e. The SMILES string of the molecule is COc1ccc(S(=O)(=O)Nc2cccc3c2O[C@H](CN(C)Cc2ccc(C(F)(F)F)cc2)[C@@H](C)CN([C@H](C)CO)C3=O)cc1. The van der Waals surface area contributed by atoms with E-state index in [2.05, 4.69) is 4.72 Å². The number of hydrogen-bond acceptors (Lipinski definition) is 7. The first-order valence-electron chi connectivity index (χ1n) is 14.0. The van der Waals surface area contributed by atoms with Crippen LogP contribution in [0.3, 0.4) is 0 Å². The summed E-state index contributed by atoms with van der Waals surface area (Å²) in [5, 5.41) is 9.91. The lowest BCUT2D eigenvalue weighted by Crippen LogP contribution is -2.49. The number of likely N-dealkylation sites (N-methyl/N-ethyl adjacent to an activating group) is 1. The summed E-state index contributed by atoms with van der Waals surface area (Å²) in [6.07, 6.45) is -5.00. The molecule has 44 heavy (non-hydrogen) atoms. The van der Waals surface area contributed by atoms with E-state index in [9.17, 15) is 31.5 Å². The molecule has 0 bridgehead atoms. The summed E-state index contributed by atoms with van der Waals surface area (Å²) in [4.78, 5) is 17.1. The summed E-state index contributed by atoms with van der Waals surface area (Å²) in [5.41, 5.74) is 0.123. The number of halogens is 3. The van der Waals surface area contributed by atoms with E-state index in [-0.39, 0.29) is 41.0 Å². The normalized spacial score (nSPS) is 18.2. The number of aliphatic hydroxyl groups excluding tert-OH is 1. The van der Waals surface area contributed by atoms with Crippen LogP contribution >= 0.6 is 0 Å². The quantitative estimate of drug-likeness (QED) is 0.328. The van der Waals surface area contributed by atoms with Crippen LogP contribution in [-0.4, -0.2) is 75.2 Å². The summed E-state index contributed by atoms with van der Waals surface area (Å²) >= 11 is 0. The number of aliphatic hydroxyl groups is 1. The van der Waals surface area contributed by atoms with Crippen molar-refractivity contribution in [3.8, 4) is 11.5 Å². The number of sulfonamides is 1. The van der Waals surface area contributed by atoms with E-state index in [1.54, 1.807) is 26.1 Å². The van der Waals surface area contributed by atoms with Gasteiger partial charge in [0.2, 0.25) is 0 Å². The number of nitrogens with one attached hydrogen (secondary N) is 1.